The van der Waals surface area contributed by atoms with Gasteiger partial charge in [0.25, 0.3) is 0 Å². The van der Waals surface area contributed by atoms with Gasteiger partial charge in [-0.25, -0.2) is 8.42 Å². The molecule has 0 aliphatic carbocycles. The summed E-state index contributed by atoms with van der Waals surface area (Å²) in [6.07, 6.45) is 1.75. The second kappa shape index (κ2) is 3.20. The maximum absolute atomic E-state index is 10.4. The van der Waals surface area contributed by atoms with Crippen molar-refractivity contribution in [3.8, 4) is 0 Å². The molecule has 1 aliphatic heterocycles. The second-order valence-corrected chi connectivity index (χ2v) is 4.16. The van der Waals surface area contributed by atoms with E-state index in [1.807, 2.05) is 0 Å². The van der Waals surface area contributed by atoms with Crippen LogP contribution in [0.15, 0.2) is 0 Å². The third-order valence-corrected chi connectivity index (χ3v) is 2.98. The van der Waals surface area contributed by atoms with E-state index in [0.29, 0.717) is 11.5 Å². The molecule has 44 valence electrons. The molecule has 2 nitrogen and oxygen atoms in total. The molecule has 1 saturated heterocycles. The summed E-state index contributed by atoms with van der Waals surface area (Å²) in [5.74, 6) is 0.847. The van der Waals surface area contributed by atoms with Crippen molar-refractivity contribution in [2.45, 2.75) is 12.8 Å². The fraction of sp³-hybridized carbons (Fsp3) is 1.00. The van der Waals surface area contributed by atoms with Crippen LogP contribution in [-0.2, 0) is 9.84 Å². The van der Waals surface area contributed by atoms with Gasteiger partial charge in [0.15, 0.2) is 0 Å². The zero-order valence-corrected chi connectivity index (χ0v) is 4.87. The van der Waals surface area contributed by atoms with Crippen molar-refractivity contribution < 1.29 is 8.42 Å². The van der Waals surface area contributed by atoms with E-state index in [-0.39, 0.29) is 29.6 Å². The van der Waals surface area contributed by atoms with E-state index in [0.717, 1.165) is 12.8 Å². The van der Waals surface area contributed by atoms with Crippen LogP contribution in [0.4, 0.5) is 0 Å². The van der Waals surface area contributed by atoms with Gasteiger partial charge < -0.3 is 0 Å². The number of hydrogen-bond donors (Lipinski definition) is 0. The van der Waals surface area contributed by atoms with Crippen molar-refractivity contribution in [2.24, 2.45) is 0 Å². The molecule has 0 aromatic carbocycles. The van der Waals surface area contributed by atoms with Crippen molar-refractivity contribution in [3.63, 3.8) is 0 Å². The van der Waals surface area contributed by atoms with Crippen molar-refractivity contribution >= 4 is 39.4 Å². The molecule has 8 heavy (non-hydrogen) atoms. The molecule has 0 atom stereocenters. The first-order valence-electron chi connectivity index (χ1n) is 2.41. The second-order valence-electron chi connectivity index (χ2n) is 1.86. The predicted octanol–water partition coefficient (Wildman–Crippen LogP) is -0.453. The van der Waals surface area contributed by atoms with E-state index in [1.165, 1.54) is 0 Å². The molecule has 1 rings (SSSR count). The molecule has 0 aromatic rings. The number of rotatable bonds is 0. The van der Waals surface area contributed by atoms with Gasteiger partial charge in [-0.05, 0) is 12.8 Å². The summed E-state index contributed by atoms with van der Waals surface area (Å²) in [6.45, 7) is 0. The van der Waals surface area contributed by atoms with Gasteiger partial charge in [-0.2, -0.15) is 0 Å². The number of hydrogen-bond acceptors (Lipinski definition) is 2. The Bertz CT molecular complexity index is 137. The zero-order valence-electron chi connectivity index (χ0n) is 4.05. The van der Waals surface area contributed by atoms with E-state index in [4.69, 9.17) is 0 Å². The van der Waals surface area contributed by atoms with Gasteiger partial charge in [0.2, 0.25) is 0 Å². The fourth-order valence-corrected chi connectivity index (χ4v) is 2.24. The first-order valence-corrected chi connectivity index (χ1v) is 4.23. The van der Waals surface area contributed by atoms with Crippen LogP contribution in [0.5, 0.6) is 0 Å². The molecule has 1 fully saturated rings. The van der Waals surface area contributed by atoms with Gasteiger partial charge >= 0.3 is 29.6 Å². The summed E-state index contributed by atoms with van der Waals surface area (Å²) in [6, 6.07) is 0. The van der Waals surface area contributed by atoms with E-state index >= 15 is 0 Å². The Kier molecular flexibility index (Phi) is 3.58. The summed E-state index contributed by atoms with van der Waals surface area (Å²) < 4.78 is 20.9. The molecular formula is C4H9NaO2S. The Morgan fingerprint density at radius 1 is 1.00 bits per heavy atom. The van der Waals surface area contributed by atoms with Crippen LogP contribution >= 0.6 is 0 Å². The van der Waals surface area contributed by atoms with Gasteiger partial charge in [0.1, 0.15) is 9.84 Å². The van der Waals surface area contributed by atoms with Gasteiger partial charge in [-0.15, -0.1) is 0 Å². The summed E-state index contributed by atoms with van der Waals surface area (Å²) in [7, 11) is -2.55. The van der Waals surface area contributed by atoms with E-state index < -0.39 is 9.84 Å². The van der Waals surface area contributed by atoms with Crippen LogP contribution in [0, 0.1) is 0 Å². The molecule has 1 heterocycles. The van der Waals surface area contributed by atoms with Crippen LogP contribution in [0.3, 0.4) is 0 Å². The number of sulfone groups is 1. The first-order chi connectivity index (χ1) is 3.21. The first kappa shape index (κ1) is 8.95. The summed E-state index contributed by atoms with van der Waals surface area (Å²) in [5.41, 5.74) is 0. The third kappa shape index (κ3) is 2.49. The van der Waals surface area contributed by atoms with E-state index in [9.17, 15) is 8.42 Å². The van der Waals surface area contributed by atoms with E-state index in [2.05, 4.69) is 0 Å². The average Bonchev–Trinajstić information content (AvgIpc) is 1.84. The van der Waals surface area contributed by atoms with E-state index in [1.54, 1.807) is 0 Å². The molecule has 0 N–H and O–H groups in total. The topological polar surface area (TPSA) is 34.1 Å². The molecule has 0 radical (unpaired) electrons. The molecule has 0 saturated carbocycles. The molecular weight excluding hydrogens is 135 g/mol. The molecule has 0 spiro atoms. The zero-order chi connectivity index (χ0) is 5.33. The van der Waals surface area contributed by atoms with Gasteiger partial charge in [0.05, 0.1) is 11.5 Å². The Labute approximate surface area is 71.9 Å². The molecule has 0 aromatic heterocycles. The SMILES string of the molecule is O=S1(=O)CCCC1.[NaH]. The Balaban J connectivity index is 0.000000490. The molecule has 0 bridgehead atoms. The van der Waals surface area contributed by atoms with Crippen LogP contribution in [0.2, 0.25) is 0 Å². The average molecular weight is 144 g/mol. The third-order valence-electron chi connectivity index (χ3n) is 1.16. The summed E-state index contributed by atoms with van der Waals surface area (Å²) in [5, 5.41) is 0. The van der Waals surface area contributed by atoms with Crippen LogP contribution in [0.25, 0.3) is 0 Å². The Morgan fingerprint density at radius 3 is 1.50 bits per heavy atom. The van der Waals surface area contributed by atoms with Gasteiger partial charge in [-0.1, -0.05) is 0 Å². The molecule has 0 unspecified atom stereocenters. The summed E-state index contributed by atoms with van der Waals surface area (Å²) in [4.78, 5) is 0. The minimum absolute atomic E-state index is 0. The quantitative estimate of drug-likeness (QED) is 0.431. The van der Waals surface area contributed by atoms with Crippen LogP contribution in [0.1, 0.15) is 12.8 Å². The minimum atomic E-state index is -2.55. The maximum atomic E-state index is 10.4. The predicted molar refractivity (Wildman–Crippen MR) is 35.0 cm³/mol. The fourth-order valence-electron chi connectivity index (χ4n) is 0.746. The Hall–Kier alpha value is 0.950. The van der Waals surface area contributed by atoms with Crippen LogP contribution < -0.4 is 0 Å². The monoisotopic (exact) mass is 144 g/mol. The summed E-state index contributed by atoms with van der Waals surface area (Å²) >= 11 is 0. The standard InChI is InChI=1S/C4H8O2S.Na.H/c5-7(6)3-1-2-4-7;;/h1-4H2;;. The van der Waals surface area contributed by atoms with Crippen molar-refractivity contribution in [1.29, 1.82) is 0 Å². The molecule has 1 aliphatic rings. The Morgan fingerprint density at radius 2 is 1.38 bits per heavy atom. The normalized spacial score (nSPS) is 24.5. The van der Waals surface area contributed by atoms with Gasteiger partial charge in [-0.3, -0.25) is 0 Å². The molecule has 0 amide bonds. The molecule has 4 heteroatoms. The van der Waals surface area contributed by atoms with Crippen molar-refractivity contribution in [1.82, 2.24) is 0 Å². The van der Waals surface area contributed by atoms with Crippen molar-refractivity contribution in [3.05, 3.63) is 0 Å². The van der Waals surface area contributed by atoms with Gasteiger partial charge in [0, 0.05) is 0 Å². The van der Waals surface area contributed by atoms with Crippen LogP contribution in [-0.4, -0.2) is 49.5 Å². The van der Waals surface area contributed by atoms with Crippen molar-refractivity contribution in [2.75, 3.05) is 11.5 Å².